The highest BCUT2D eigenvalue weighted by Gasteiger charge is 2.08. The molecule has 1 aromatic carbocycles. The van der Waals surface area contributed by atoms with E-state index in [1.165, 1.54) is 0 Å². The van der Waals surface area contributed by atoms with Crippen LogP contribution in [0.4, 0.5) is 4.39 Å². The average Bonchev–Trinajstić information content (AvgIpc) is 2.50. The highest BCUT2D eigenvalue weighted by molar-refractivity contribution is 5.92. The molecule has 4 nitrogen and oxygen atoms in total. The third-order valence-corrected chi connectivity index (χ3v) is 3.24. The van der Waals surface area contributed by atoms with Crippen LogP contribution in [0.1, 0.15) is 32.7 Å². The molecule has 0 saturated heterocycles. The van der Waals surface area contributed by atoms with E-state index in [2.05, 4.69) is 10.3 Å². The first kappa shape index (κ1) is 15.1. The Bertz CT molecular complexity index is 630. The van der Waals surface area contributed by atoms with Crippen molar-refractivity contribution >= 4 is 5.91 Å². The molecule has 0 atom stereocenters. The third kappa shape index (κ3) is 3.64. The van der Waals surface area contributed by atoms with Gasteiger partial charge in [-0.3, -0.25) is 9.78 Å². The number of benzene rings is 1. The van der Waals surface area contributed by atoms with E-state index in [4.69, 9.17) is 5.73 Å². The van der Waals surface area contributed by atoms with Gasteiger partial charge in [0.2, 0.25) is 0 Å². The number of nitrogens with zero attached hydrogens (tertiary/aromatic N) is 1. The van der Waals surface area contributed by atoms with Crippen LogP contribution in [-0.2, 0) is 13.1 Å². The van der Waals surface area contributed by atoms with Gasteiger partial charge in [0.25, 0.3) is 5.91 Å². The number of nitrogens with one attached hydrogen (secondary N) is 1. The molecule has 0 spiro atoms. The number of carbonyl (C=O) groups is 1. The molecule has 0 aliphatic rings. The lowest BCUT2D eigenvalue weighted by Gasteiger charge is -2.08. The summed E-state index contributed by atoms with van der Waals surface area (Å²) in [4.78, 5) is 16.0. The molecular weight excluding hydrogens is 269 g/mol. The van der Waals surface area contributed by atoms with Crippen molar-refractivity contribution in [3.05, 3.63) is 64.2 Å². The van der Waals surface area contributed by atoms with Gasteiger partial charge in [0.1, 0.15) is 11.5 Å². The second-order valence-electron chi connectivity index (χ2n) is 4.98. The lowest BCUT2D eigenvalue weighted by atomic mass is 10.1. The van der Waals surface area contributed by atoms with Crippen molar-refractivity contribution in [3.63, 3.8) is 0 Å². The molecule has 2 rings (SSSR count). The van der Waals surface area contributed by atoms with E-state index in [0.717, 1.165) is 11.1 Å². The number of nitrogens with two attached hydrogens (primary N) is 1. The normalized spacial score (nSPS) is 10.5. The molecule has 2 aromatic rings. The van der Waals surface area contributed by atoms with E-state index in [0.29, 0.717) is 29.9 Å². The zero-order chi connectivity index (χ0) is 15.4. The van der Waals surface area contributed by atoms with Crippen molar-refractivity contribution in [2.24, 2.45) is 5.73 Å². The minimum absolute atomic E-state index is 0.205. The first-order chi connectivity index (χ1) is 10.0. The fourth-order valence-corrected chi connectivity index (χ4v) is 2.09. The highest BCUT2D eigenvalue weighted by Crippen LogP contribution is 2.14. The summed E-state index contributed by atoms with van der Waals surface area (Å²) in [5, 5.41) is 2.77. The number of aromatic nitrogens is 1. The van der Waals surface area contributed by atoms with E-state index in [1.54, 1.807) is 44.3 Å². The lowest BCUT2D eigenvalue weighted by molar-refractivity contribution is 0.0946. The largest absolute Gasteiger partial charge is 0.347 e. The summed E-state index contributed by atoms with van der Waals surface area (Å²) in [6, 6.07) is 6.87. The Morgan fingerprint density at radius 3 is 2.43 bits per heavy atom. The first-order valence-corrected chi connectivity index (χ1v) is 6.70. The smallest absolute Gasteiger partial charge is 0.270 e. The number of amides is 1. The van der Waals surface area contributed by atoms with Crippen LogP contribution < -0.4 is 11.1 Å². The summed E-state index contributed by atoms with van der Waals surface area (Å²) >= 11 is 0. The number of rotatable bonds is 4. The molecule has 110 valence electrons. The second kappa shape index (κ2) is 6.45. The maximum absolute atomic E-state index is 13.5. The van der Waals surface area contributed by atoms with Crippen molar-refractivity contribution in [3.8, 4) is 0 Å². The predicted molar refractivity (Wildman–Crippen MR) is 79.2 cm³/mol. The zero-order valence-electron chi connectivity index (χ0n) is 12.1. The molecule has 5 heteroatoms. The van der Waals surface area contributed by atoms with Crippen LogP contribution in [0, 0.1) is 19.7 Å². The Balaban J connectivity index is 2.03. The fourth-order valence-electron chi connectivity index (χ4n) is 2.09. The van der Waals surface area contributed by atoms with Crippen LogP contribution in [0.2, 0.25) is 0 Å². The molecule has 1 amide bonds. The lowest BCUT2D eigenvalue weighted by Crippen LogP contribution is -2.24. The number of hydrogen-bond donors (Lipinski definition) is 2. The van der Waals surface area contributed by atoms with E-state index in [1.807, 2.05) is 0 Å². The van der Waals surface area contributed by atoms with Gasteiger partial charge >= 0.3 is 0 Å². The predicted octanol–water partition coefficient (Wildman–Crippen LogP) is 2.23. The topological polar surface area (TPSA) is 68.0 Å². The highest BCUT2D eigenvalue weighted by atomic mass is 19.1. The van der Waals surface area contributed by atoms with Crippen LogP contribution in [0.5, 0.6) is 0 Å². The Morgan fingerprint density at radius 1 is 1.24 bits per heavy atom. The molecule has 0 saturated carbocycles. The average molecular weight is 287 g/mol. The Labute approximate surface area is 123 Å². The van der Waals surface area contributed by atoms with E-state index < -0.39 is 0 Å². The second-order valence-corrected chi connectivity index (χ2v) is 4.98. The molecule has 0 aliphatic heterocycles. The third-order valence-electron chi connectivity index (χ3n) is 3.24. The van der Waals surface area contributed by atoms with Crippen LogP contribution in [0.15, 0.2) is 30.5 Å². The Morgan fingerprint density at radius 2 is 1.90 bits per heavy atom. The maximum atomic E-state index is 13.5. The summed E-state index contributed by atoms with van der Waals surface area (Å²) in [6.07, 6.45) is 1.58. The summed E-state index contributed by atoms with van der Waals surface area (Å²) in [7, 11) is 0. The zero-order valence-corrected chi connectivity index (χ0v) is 12.1. The summed E-state index contributed by atoms with van der Waals surface area (Å²) in [5.41, 5.74) is 8.69. The number of halogens is 1. The van der Waals surface area contributed by atoms with Gasteiger partial charge in [-0.2, -0.15) is 0 Å². The van der Waals surface area contributed by atoms with Gasteiger partial charge in [-0.1, -0.05) is 18.2 Å². The molecule has 0 unspecified atom stereocenters. The number of aryl methyl sites for hydroxylation is 2. The maximum Gasteiger partial charge on any atom is 0.270 e. The van der Waals surface area contributed by atoms with Gasteiger partial charge in [0.15, 0.2) is 0 Å². The molecule has 1 heterocycles. The van der Waals surface area contributed by atoms with E-state index in [-0.39, 0.29) is 11.7 Å². The molecule has 0 radical (unpaired) electrons. The first-order valence-electron chi connectivity index (χ1n) is 6.70. The van der Waals surface area contributed by atoms with Crippen molar-refractivity contribution in [2.75, 3.05) is 0 Å². The fraction of sp³-hybridized carbons (Fsp3) is 0.250. The van der Waals surface area contributed by atoms with E-state index >= 15 is 0 Å². The molecule has 1 aromatic heterocycles. The molecule has 3 N–H and O–H groups in total. The van der Waals surface area contributed by atoms with Gasteiger partial charge in [-0.05, 0) is 42.2 Å². The molecule has 0 aliphatic carbocycles. The van der Waals surface area contributed by atoms with Crippen molar-refractivity contribution in [1.29, 1.82) is 0 Å². The van der Waals surface area contributed by atoms with Crippen LogP contribution in [0.25, 0.3) is 0 Å². The molecular formula is C16H18FN3O. The van der Waals surface area contributed by atoms with E-state index in [9.17, 15) is 9.18 Å². The van der Waals surface area contributed by atoms with Crippen molar-refractivity contribution in [1.82, 2.24) is 10.3 Å². The van der Waals surface area contributed by atoms with Crippen LogP contribution >= 0.6 is 0 Å². The minimum Gasteiger partial charge on any atom is -0.347 e. The summed E-state index contributed by atoms with van der Waals surface area (Å²) < 4.78 is 13.5. The summed E-state index contributed by atoms with van der Waals surface area (Å²) in [5.74, 6) is -0.470. The summed E-state index contributed by atoms with van der Waals surface area (Å²) in [6.45, 7) is 4.14. The monoisotopic (exact) mass is 287 g/mol. The van der Waals surface area contributed by atoms with Crippen molar-refractivity contribution in [2.45, 2.75) is 26.9 Å². The number of hydrogen-bond acceptors (Lipinski definition) is 3. The van der Waals surface area contributed by atoms with Gasteiger partial charge in [0, 0.05) is 19.3 Å². The molecule has 21 heavy (non-hydrogen) atoms. The van der Waals surface area contributed by atoms with Crippen molar-refractivity contribution < 1.29 is 9.18 Å². The quantitative estimate of drug-likeness (QED) is 0.906. The number of carbonyl (C=O) groups excluding carboxylic acids is 1. The standard InChI is InChI=1S/C16H18FN3O/c1-10-5-13(6-11(2)15(10)17)9-20-16(21)14-4-3-12(7-18)8-19-14/h3-6,8H,7,9,18H2,1-2H3,(H,20,21). The van der Waals surface area contributed by atoms with Gasteiger partial charge in [0.05, 0.1) is 0 Å². The minimum atomic E-state index is -0.266. The van der Waals surface area contributed by atoms with Crippen LogP contribution in [-0.4, -0.2) is 10.9 Å². The molecule has 0 fully saturated rings. The number of pyridine rings is 1. The van der Waals surface area contributed by atoms with Gasteiger partial charge in [-0.25, -0.2) is 4.39 Å². The Hall–Kier alpha value is -2.27. The van der Waals surface area contributed by atoms with Crippen LogP contribution in [0.3, 0.4) is 0 Å². The Kier molecular flexibility index (Phi) is 4.65. The molecule has 0 bridgehead atoms. The SMILES string of the molecule is Cc1cc(CNC(=O)c2ccc(CN)cn2)cc(C)c1F. The van der Waals surface area contributed by atoms with Gasteiger partial charge < -0.3 is 11.1 Å². The van der Waals surface area contributed by atoms with Gasteiger partial charge in [-0.15, -0.1) is 0 Å².